The maximum Gasteiger partial charge on any atom is 0.361 e. The number of allylic oxidation sites excluding steroid dienone is 20. The Bertz CT molecular complexity index is 1730. The van der Waals surface area contributed by atoms with Crippen molar-refractivity contribution >= 4 is 17.9 Å². The Balaban J connectivity index is 4.31. The SMILES string of the molecule is CC/C=C\C/C=C\C/C=C\C/C=C\C/C=C\C/C=C\C/C=C\C/C=C\C/C=C\C/C=C\CCCCC(=O)OC(COC(=O)CCCCCCCCCCCCCCCCCCCCCCCC)COC(OCC[N+](C)(C)C)C(=O)O. The summed E-state index contributed by atoms with van der Waals surface area (Å²) in [6, 6.07) is 0. The van der Waals surface area contributed by atoms with Crippen molar-refractivity contribution in [1.82, 2.24) is 0 Å². The molecule has 0 bridgehead atoms. The molecule has 0 fully saturated rings. The average molecular weight is 1120 g/mol. The van der Waals surface area contributed by atoms with Crippen molar-refractivity contribution in [2.45, 2.75) is 264 Å². The van der Waals surface area contributed by atoms with Crippen LogP contribution in [0.3, 0.4) is 0 Å². The summed E-state index contributed by atoms with van der Waals surface area (Å²) < 4.78 is 22.9. The van der Waals surface area contributed by atoms with Gasteiger partial charge < -0.3 is 28.5 Å². The van der Waals surface area contributed by atoms with E-state index in [9.17, 15) is 19.5 Å². The third-order valence-corrected chi connectivity index (χ3v) is 13.5. The molecule has 0 saturated heterocycles. The second kappa shape index (κ2) is 60.8. The predicted octanol–water partition coefficient (Wildman–Crippen LogP) is 19.6. The van der Waals surface area contributed by atoms with Crippen LogP contribution in [0.5, 0.6) is 0 Å². The molecule has 0 aliphatic heterocycles. The number of carbonyl (C=O) groups excluding carboxylic acids is 2. The summed E-state index contributed by atoms with van der Waals surface area (Å²) in [5.74, 6) is -2.07. The molecular formula is C71H120NO8+. The number of aliphatic carboxylic acids is 1. The highest BCUT2D eigenvalue weighted by atomic mass is 16.7. The van der Waals surface area contributed by atoms with Crippen LogP contribution in [0.4, 0.5) is 0 Å². The molecule has 0 rings (SSSR count). The zero-order chi connectivity index (χ0) is 58.3. The minimum atomic E-state index is -1.53. The molecule has 0 aliphatic carbocycles. The fraction of sp³-hybridized carbons (Fsp3) is 0.676. The number of quaternary nitrogens is 1. The number of hydrogen-bond donors (Lipinski definition) is 1. The molecule has 0 aromatic rings. The van der Waals surface area contributed by atoms with Crippen LogP contribution >= 0.6 is 0 Å². The van der Waals surface area contributed by atoms with E-state index < -0.39 is 24.3 Å². The third kappa shape index (κ3) is 61.3. The molecule has 0 saturated carbocycles. The van der Waals surface area contributed by atoms with Crippen LogP contribution in [0.2, 0.25) is 0 Å². The van der Waals surface area contributed by atoms with Gasteiger partial charge in [-0.3, -0.25) is 9.59 Å². The molecule has 0 heterocycles. The molecule has 0 spiro atoms. The standard InChI is InChI=1S/C71H119NO8/c1-6-8-10-12-14-16-18-20-22-24-26-28-30-31-32-33-34-35-36-37-38-39-40-42-44-46-48-50-52-54-56-58-60-62-69(74)80-67(66-79-71(70(75)76)77-64-63-72(3,4)5)65-78-68(73)61-59-57-55-53-51-49-47-45-43-41-29-27-25-23-21-19-17-15-13-11-9-7-2/h8,10,14,16,20,22,26,28,31-32,34-35,37-38,40,42,46,48,52,54,67,71H,6-7,9,11-13,15,17-19,21,23-25,27,29-30,33,36,39,41,43-45,47,49-51,53,55-66H2,1-5H3/p+1/b10-8-,16-14-,22-20-,28-26-,32-31-,35-34-,38-37-,42-40-,48-46-,54-52-. The number of rotatable bonds is 58. The number of likely N-dealkylation sites (N-methyl/N-ethyl adjacent to an activating group) is 1. The Morgan fingerprint density at radius 1 is 0.388 bits per heavy atom. The Labute approximate surface area is 491 Å². The molecule has 0 radical (unpaired) electrons. The van der Waals surface area contributed by atoms with Crippen molar-refractivity contribution in [3.05, 3.63) is 122 Å². The van der Waals surface area contributed by atoms with Gasteiger partial charge in [0.2, 0.25) is 0 Å². The zero-order valence-corrected chi connectivity index (χ0v) is 51.9. The van der Waals surface area contributed by atoms with Crippen molar-refractivity contribution in [1.29, 1.82) is 0 Å². The molecule has 456 valence electrons. The molecule has 0 aromatic heterocycles. The first-order valence-electron chi connectivity index (χ1n) is 32.2. The predicted molar refractivity (Wildman–Crippen MR) is 341 cm³/mol. The van der Waals surface area contributed by atoms with E-state index in [2.05, 4.69) is 135 Å². The topological polar surface area (TPSA) is 108 Å². The fourth-order valence-electron chi connectivity index (χ4n) is 8.57. The summed E-state index contributed by atoms with van der Waals surface area (Å²) in [6.45, 7) is 4.72. The van der Waals surface area contributed by atoms with Crippen LogP contribution in [0, 0.1) is 0 Å². The van der Waals surface area contributed by atoms with Crippen LogP contribution in [0.1, 0.15) is 251 Å². The summed E-state index contributed by atoms with van der Waals surface area (Å²) in [5.41, 5.74) is 0. The van der Waals surface area contributed by atoms with Crippen molar-refractivity contribution in [2.75, 3.05) is 47.5 Å². The van der Waals surface area contributed by atoms with E-state index in [4.69, 9.17) is 18.9 Å². The van der Waals surface area contributed by atoms with Gasteiger partial charge in [-0.05, 0) is 89.9 Å². The number of carboxylic acids is 1. The maximum atomic E-state index is 12.9. The van der Waals surface area contributed by atoms with Gasteiger partial charge in [0, 0.05) is 12.8 Å². The number of hydrogen-bond acceptors (Lipinski definition) is 7. The molecule has 9 heteroatoms. The minimum Gasteiger partial charge on any atom is -0.477 e. The molecule has 2 unspecified atom stereocenters. The first kappa shape index (κ1) is 75.7. The molecule has 0 aromatic carbocycles. The zero-order valence-electron chi connectivity index (χ0n) is 51.9. The van der Waals surface area contributed by atoms with E-state index in [1.54, 1.807) is 0 Å². The van der Waals surface area contributed by atoms with Gasteiger partial charge in [-0.15, -0.1) is 0 Å². The second-order valence-corrected chi connectivity index (χ2v) is 22.3. The number of unbranched alkanes of at least 4 members (excludes halogenated alkanes) is 23. The summed E-state index contributed by atoms with van der Waals surface area (Å²) in [5, 5.41) is 9.72. The monoisotopic (exact) mass is 1110 g/mol. The first-order valence-corrected chi connectivity index (χ1v) is 32.2. The third-order valence-electron chi connectivity index (χ3n) is 13.5. The maximum absolute atomic E-state index is 12.9. The number of esters is 2. The summed E-state index contributed by atoms with van der Waals surface area (Å²) in [7, 11) is 5.95. The highest BCUT2D eigenvalue weighted by Crippen LogP contribution is 2.16. The van der Waals surface area contributed by atoms with Crippen LogP contribution in [-0.4, -0.2) is 87.4 Å². The van der Waals surface area contributed by atoms with Crippen LogP contribution < -0.4 is 0 Å². The quantitative estimate of drug-likeness (QED) is 0.0211. The van der Waals surface area contributed by atoms with Crippen LogP contribution in [0.15, 0.2) is 122 Å². The van der Waals surface area contributed by atoms with Gasteiger partial charge in [0.05, 0.1) is 34.4 Å². The average Bonchev–Trinajstić information content (AvgIpc) is 3.43. The van der Waals surface area contributed by atoms with E-state index in [0.717, 1.165) is 96.3 Å². The summed E-state index contributed by atoms with van der Waals surface area (Å²) in [4.78, 5) is 37.5. The lowest BCUT2D eigenvalue weighted by Crippen LogP contribution is -2.40. The van der Waals surface area contributed by atoms with Crippen molar-refractivity contribution in [3.63, 3.8) is 0 Å². The molecule has 1 N–H and O–H groups in total. The smallest absolute Gasteiger partial charge is 0.361 e. The van der Waals surface area contributed by atoms with Crippen molar-refractivity contribution < 1.29 is 42.9 Å². The Kier molecular flexibility index (Phi) is 57.5. The lowest BCUT2D eigenvalue weighted by Gasteiger charge is -2.25. The summed E-state index contributed by atoms with van der Waals surface area (Å²) >= 11 is 0. The van der Waals surface area contributed by atoms with Gasteiger partial charge in [-0.1, -0.05) is 270 Å². The van der Waals surface area contributed by atoms with E-state index in [-0.39, 0.29) is 38.6 Å². The minimum absolute atomic E-state index is 0.174. The molecule has 0 aliphatic rings. The Hall–Kier alpha value is -4.31. The Morgan fingerprint density at radius 3 is 1.06 bits per heavy atom. The lowest BCUT2D eigenvalue weighted by molar-refractivity contribution is -0.870. The summed E-state index contributed by atoms with van der Waals surface area (Å²) in [6.07, 6.45) is 83.0. The van der Waals surface area contributed by atoms with E-state index in [1.807, 2.05) is 21.1 Å². The largest absolute Gasteiger partial charge is 0.477 e. The van der Waals surface area contributed by atoms with E-state index in [1.165, 1.54) is 122 Å². The fourth-order valence-corrected chi connectivity index (χ4v) is 8.57. The van der Waals surface area contributed by atoms with Gasteiger partial charge in [0.1, 0.15) is 13.2 Å². The number of carbonyl (C=O) groups is 3. The van der Waals surface area contributed by atoms with Crippen LogP contribution in [0.25, 0.3) is 0 Å². The van der Waals surface area contributed by atoms with E-state index >= 15 is 0 Å². The molecule has 80 heavy (non-hydrogen) atoms. The first-order chi connectivity index (χ1) is 39.1. The van der Waals surface area contributed by atoms with E-state index in [0.29, 0.717) is 17.4 Å². The van der Waals surface area contributed by atoms with Crippen molar-refractivity contribution in [3.8, 4) is 0 Å². The Morgan fingerprint density at radius 2 is 0.713 bits per heavy atom. The molecular weight excluding hydrogens is 995 g/mol. The van der Waals surface area contributed by atoms with Gasteiger partial charge in [0.15, 0.2) is 6.10 Å². The normalized spacial score (nSPS) is 13.6. The molecule has 2 atom stereocenters. The molecule has 0 amide bonds. The van der Waals surface area contributed by atoms with Gasteiger partial charge >= 0.3 is 17.9 Å². The van der Waals surface area contributed by atoms with Gasteiger partial charge in [-0.2, -0.15) is 0 Å². The lowest BCUT2D eigenvalue weighted by atomic mass is 10.0. The van der Waals surface area contributed by atoms with Crippen molar-refractivity contribution in [2.24, 2.45) is 0 Å². The number of nitrogens with zero attached hydrogens (tertiary/aromatic N) is 1. The number of ether oxygens (including phenoxy) is 4. The van der Waals surface area contributed by atoms with Gasteiger partial charge in [-0.25, -0.2) is 4.79 Å². The van der Waals surface area contributed by atoms with Crippen LogP contribution in [-0.2, 0) is 33.3 Å². The highest BCUT2D eigenvalue weighted by Gasteiger charge is 2.25. The number of carboxylic acid groups (broad SMARTS) is 1. The molecule has 9 nitrogen and oxygen atoms in total. The van der Waals surface area contributed by atoms with Gasteiger partial charge in [0.25, 0.3) is 6.29 Å². The highest BCUT2D eigenvalue weighted by molar-refractivity contribution is 5.71. The second-order valence-electron chi connectivity index (χ2n) is 22.3.